The first-order valence-corrected chi connectivity index (χ1v) is 11.0. The lowest BCUT2D eigenvalue weighted by Crippen LogP contribution is -2.36. The fourth-order valence-electron chi connectivity index (χ4n) is 3.84. The molecule has 6 nitrogen and oxygen atoms in total. The Hall–Kier alpha value is -2.54. The SMILES string of the molecule is Cc1ccc(-n2nnc(-c3nc(C)c(C(=O)NC4CCCCC4)s3)c2C)cc1C. The highest BCUT2D eigenvalue weighted by Gasteiger charge is 2.23. The fourth-order valence-corrected chi connectivity index (χ4v) is 4.84. The third kappa shape index (κ3) is 3.96. The van der Waals surface area contributed by atoms with Crippen molar-refractivity contribution in [1.29, 1.82) is 0 Å². The van der Waals surface area contributed by atoms with Gasteiger partial charge in [-0.3, -0.25) is 4.79 Å². The van der Waals surface area contributed by atoms with Crippen molar-refractivity contribution in [3.63, 3.8) is 0 Å². The molecule has 0 radical (unpaired) electrons. The second-order valence-corrected chi connectivity index (χ2v) is 8.94. The molecule has 152 valence electrons. The lowest BCUT2D eigenvalue weighted by molar-refractivity contribution is 0.0931. The first kappa shape index (κ1) is 19.8. The molecule has 29 heavy (non-hydrogen) atoms. The Morgan fingerprint density at radius 3 is 2.59 bits per heavy atom. The summed E-state index contributed by atoms with van der Waals surface area (Å²) in [5.74, 6) is -0.0163. The van der Waals surface area contributed by atoms with E-state index in [0.29, 0.717) is 4.88 Å². The van der Waals surface area contributed by atoms with E-state index >= 15 is 0 Å². The van der Waals surface area contributed by atoms with Crippen LogP contribution in [-0.4, -0.2) is 31.9 Å². The quantitative estimate of drug-likeness (QED) is 0.679. The zero-order valence-electron chi connectivity index (χ0n) is 17.5. The Balaban J connectivity index is 1.59. The van der Waals surface area contributed by atoms with Gasteiger partial charge < -0.3 is 5.32 Å². The Morgan fingerprint density at radius 2 is 1.86 bits per heavy atom. The number of benzene rings is 1. The fraction of sp³-hybridized carbons (Fsp3) is 0.455. The topological polar surface area (TPSA) is 72.7 Å². The van der Waals surface area contributed by atoms with Gasteiger partial charge in [-0.2, -0.15) is 0 Å². The second kappa shape index (κ2) is 8.06. The maximum Gasteiger partial charge on any atom is 0.263 e. The van der Waals surface area contributed by atoms with Crippen LogP contribution in [0.2, 0.25) is 0 Å². The molecular weight excluding hydrogens is 382 g/mol. The number of carbonyl (C=O) groups excluding carboxylic acids is 1. The summed E-state index contributed by atoms with van der Waals surface area (Å²) >= 11 is 1.40. The minimum absolute atomic E-state index is 0.0163. The van der Waals surface area contributed by atoms with Crippen LogP contribution in [0.4, 0.5) is 0 Å². The van der Waals surface area contributed by atoms with Gasteiger partial charge >= 0.3 is 0 Å². The summed E-state index contributed by atoms with van der Waals surface area (Å²) in [5.41, 5.74) is 5.84. The van der Waals surface area contributed by atoms with Crippen LogP contribution in [0.5, 0.6) is 0 Å². The van der Waals surface area contributed by atoms with Gasteiger partial charge in [0.2, 0.25) is 0 Å². The summed E-state index contributed by atoms with van der Waals surface area (Å²) in [4.78, 5) is 18.1. The van der Waals surface area contributed by atoms with Crippen LogP contribution in [0.25, 0.3) is 16.4 Å². The average Bonchev–Trinajstić information content (AvgIpc) is 3.27. The summed E-state index contributed by atoms with van der Waals surface area (Å²) in [6.45, 7) is 8.06. The van der Waals surface area contributed by atoms with Crippen molar-refractivity contribution < 1.29 is 4.79 Å². The molecule has 2 heterocycles. The summed E-state index contributed by atoms with van der Waals surface area (Å²) in [7, 11) is 0. The zero-order valence-corrected chi connectivity index (χ0v) is 18.3. The number of thiazole rings is 1. The number of rotatable bonds is 4. The van der Waals surface area contributed by atoms with Crippen molar-refractivity contribution in [2.45, 2.75) is 65.8 Å². The van der Waals surface area contributed by atoms with Crippen LogP contribution in [0, 0.1) is 27.7 Å². The van der Waals surface area contributed by atoms with Crippen molar-refractivity contribution in [2.75, 3.05) is 0 Å². The van der Waals surface area contributed by atoms with Gasteiger partial charge in [0.15, 0.2) is 0 Å². The van der Waals surface area contributed by atoms with Crippen molar-refractivity contribution in [2.24, 2.45) is 0 Å². The first-order valence-electron chi connectivity index (χ1n) is 10.2. The van der Waals surface area contributed by atoms with Gasteiger partial charge in [-0.05, 0) is 63.8 Å². The summed E-state index contributed by atoms with van der Waals surface area (Å²) in [5, 5.41) is 12.6. The third-order valence-corrected chi connectivity index (χ3v) is 6.94. The van der Waals surface area contributed by atoms with Gasteiger partial charge in [-0.1, -0.05) is 30.5 Å². The molecule has 3 aromatic rings. The molecule has 0 unspecified atom stereocenters. The third-order valence-electron chi connectivity index (χ3n) is 5.78. The van der Waals surface area contributed by atoms with E-state index in [1.54, 1.807) is 0 Å². The van der Waals surface area contributed by atoms with E-state index in [0.717, 1.165) is 40.6 Å². The first-order chi connectivity index (χ1) is 13.9. The van der Waals surface area contributed by atoms with Crippen LogP contribution < -0.4 is 5.32 Å². The maximum atomic E-state index is 12.8. The lowest BCUT2D eigenvalue weighted by Gasteiger charge is -2.22. The van der Waals surface area contributed by atoms with Gasteiger partial charge in [-0.25, -0.2) is 9.67 Å². The molecule has 0 bridgehead atoms. The van der Waals surface area contributed by atoms with Gasteiger partial charge in [-0.15, -0.1) is 16.4 Å². The maximum absolute atomic E-state index is 12.8. The molecule has 0 atom stereocenters. The van der Waals surface area contributed by atoms with Gasteiger partial charge in [0.25, 0.3) is 5.91 Å². The predicted octanol–water partition coefficient (Wildman–Crippen LogP) is 4.69. The van der Waals surface area contributed by atoms with Gasteiger partial charge in [0, 0.05) is 6.04 Å². The van der Waals surface area contributed by atoms with E-state index in [1.807, 2.05) is 24.6 Å². The van der Waals surface area contributed by atoms with Crippen LogP contribution in [0.1, 0.15) is 64.3 Å². The van der Waals surface area contributed by atoms with Crippen molar-refractivity contribution in [1.82, 2.24) is 25.3 Å². The number of amides is 1. The number of nitrogens with zero attached hydrogens (tertiary/aromatic N) is 4. The number of aryl methyl sites for hydroxylation is 3. The minimum Gasteiger partial charge on any atom is -0.349 e. The molecule has 0 saturated heterocycles. The van der Waals surface area contributed by atoms with E-state index < -0.39 is 0 Å². The van der Waals surface area contributed by atoms with Crippen LogP contribution in [0.15, 0.2) is 18.2 Å². The van der Waals surface area contributed by atoms with Crippen molar-refractivity contribution in [3.05, 3.63) is 45.6 Å². The Morgan fingerprint density at radius 1 is 1.10 bits per heavy atom. The number of nitrogens with one attached hydrogen (secondary N) is 1. The Bertz CT molecular complexity index is 1050. The number of aromatic nitrogens is 4. The normalized spacial score (nSPS) is 14.9. The standard InChI is InChI=1S/C22H27N5OS/c1-13-10-11-18(12-14(13)2)27-16(4)19(25-26-27)22-23-15(3)20(29-22)21(28)24-17-8-6-5-7-9-17/h10-12,17H,5-9H2,1-4H3,(H,24,28). The molecular formula is C22H27N5OS. The molecule has 1 aliphatic carbocycles. The molecule has 2 aromatic heterocycles. The molecule has 1 amide bonds. The van der Waals surface area contributed by atoms with E-state index in [2.05, 4.69) is 46.6 Å². The highest BCUT2D eigenvalue weighted by atomic mass is 32.1. The molecule has 1 aliphatic rings. The summed E-state index contributed by atoms with van der Waals surface area (Å²) in [6, 6.07) is 6.53. The van der Waals surface area contributed by atoms with Gasteiger partial charge in [0.05, 0.1) is 17.1 Å². The molecule has 1 N–H and O–H groups in total. The monoisotopic (exact) mass is 409 g/mol. The Kier molecular flexibility index (Phi) is 5.50. The van der Waals surface area contributed by atoms with Crippen LogP contribution in [0.3, 0.4) is 0 Å². The lowest BCUT2D eigenvalue weighted by atomic mass is 9.95. The minimum atomic E-state index is -0.0163. The van der Waals surface area contributed by atoms with Crippen molar-refractivity contribution >= 4 is 17.2 Å². The highest BCUT2D eigenvalue weighted by molar-refractivity contribution is 7.17. The smallest absolute Gasteiger partial charge is 0.263 e. The largest absolute Gasteiger partial charge is 0.349 e. The Labute approximate surface area is 175 Å². The molecule has 1 saturated carbocycles. The molecule has 0 aliphatic heterocycles. The predicted molar refractivity (Wildman–Crippen MR) is 116 cm³/mol. The molecule has 4 rings (SSSR count). The summed E-state index contributed by atoms with van der Waals surface area (Å²) < 4.78 is 1.83. The average molecular weight is 410 g/mol. The van der Waals surface area contributed by atoms with E-state index in [9.17, 15) is 4.79 Å². The van der Waals surface area contributed by atoms with Crippen molar-refractivity contribution in [3.8, 4) is 16.4 Å². The van der Waals surface area contributed by atoms with Crippen LogP contribution in [-0.2, 0) is 0 Å². The molecule has 1 fully saturated rings. The number of hydrogen-bond acceptors (Lipinski definition) is 5. The van der Waals surface area contributed by atoms with E-state index in [4.69, 9.17) is 0 Å². The number of hydrogen-bond donors (Lipinski definition) is 1. The van der Waals surface area contributed by atoms with E-state index in [-0.39, 0.29) is 11.9 Å². The second-order valence-electron chi connectivity index (χ2n) is 7.95. The zero-order chi connectivity index (χ0) is 20.5. The molecule has 0 spiro atoms. The summed E-state index contributed by atoms with van der Waals surface area (Å²) in [6.07, 6.45) is 5.79. The molecule has 7 heteroatoms. The van der Waals surface area contributed by atoms with E-state index in [1.165, 1.54) is 41.7 Å². The number of carbonyl (C=O) groups is 1. The van der Waals surface area contributed by atoms with Crippen LogP contribution >= 0.6 is 11.3 Å². The van der Waals surface area contributed by atoms with Gasteiger partial charge in [0.1, 0.15) is 15.6 Å². The highest BCUT2D eigenvalue weighted by Crippen LogP contribution is 2.30. The molecule has 1 aromatic carbocycles.